The van der Waals surface area contributed by atoms with Gasteiger partial charge in [0.15, 0.2) is 0 Å². The number of H-pyrrole nitrogens is 1. The van der Waals surface area contributed by atoms with E-state index in [2.05, 4.69) is 10.2 Å². The first-order valence-electron chi connectivity index (χ1n) is 5.96. The normalized spacial score (nSPS) is 13.3. The summed E-state index contributed by atoms with van der Waals surface area (Å²) < 4.78 is 26.9. The Labute approximate surface area is 116 Å². The molecular formula is C12H8F2N4O3. The lowest BCUT2D eigenvalue weighted by Crippen LogP contribution is -2.29. The van der Waals surface area contributed by atoms with Gasteiger partial charge < -0.3 is 4.90 Å². The van der Waals surface area contributed by atoms with Crippen molar-refractivity contribution in [2.45, 2.75) is 6.42 Å². The van der Waals surface area contributed by atoms with E-state index in [4.69, 9.17) is 0 Å². The molecule has 1 aromatic carbocycles. The number of anilines is 1. The monoisotopic (exact) mass is 294 g/mol. The number of nitro groups is 1. The molecule has 0 saturated heterocycles. The minimum Gasteiger partial charge on any atom is -0.306 e. The summed E-state index contributed by atoms with van der Waals surface area (Å²) in [7, 11) is 0. The number of rotatable bonds is 2. The SMILES string of the molecule is O=C(c1[nH]ncc1[N+](=O)[O-])N1CCc2c(F)cc(F)cc21. The average Bonchev–Trinajstić information content (AvgIpc) is 3.03. The Kier molecular flexibility index (Phi) is 2.89. The summed E-state index contributed by atoms with van der Waals surface area (Å²) >= 11 is 0. The molecule has 108 valence electrons. The van der Waals surface area contributed by atoms with Crippen molar-refractivity contribution in [3.8, 4) is 0 Å². The molecule has 0 bridgehead atoms. The van der Waals surface area contributed by atoms with Crippen LogP contribution in [0.5, 0.6) is 0 Å². The highest BCUT2D eigenvalue weighted by Gasteiger charge is 2.33. The molecule has 7 nitrogen and oxygen atoms in total. The van der Waals surface area contributed by atoms with Gasteiger partial charge in [-0.3, -0.25) is 20.0 Å². The molecule has 0 saturated carbocycles. The van der Waals surface area contributed by atoms with Gasteiger partial charge in [-0.25, -0.2) is 8.78 Å². The summed E-state index contributed by atoms with van der Waals surface area (Å²) in [6, 6.07) is 1.77. The number of benzene rings is 1. The van der Waals surface area contributed by atoms with Gasteiger partial charge in [-0.15, -0.1) is 0 Å². The standard InChI is InChI=1S/C12H8F2N4O3/c13-6-3-8(14)7-1-2-17(9(7)4-6)12(19)11-10(18(20)21)5-15-16-11/h3-5H,1-2H2,(H,15,16). The zero-order chi connectivity index (χ0) is 15.1. The van der Waals surface area contributed by atoms with E-state index >= 15 is 0 Å². The quantitative estimate of drug-likeness (QED) is 0.675. The van der Waals surface area contributed by atoms with Crippen LogP contribution in [-0.2, 0) is 6.42 Å². The number of fused-ring (bicyclic) bond motifs is 1. The lowest BCUT2D eigenvalue weighted by atomic mass is 10.1. The number of halogens is 2. The zero-order valence-electron chi connectivity index (χ0n) is 10.5. The van der Waals surface area contributed by atoms with Crippen LogP contribution in [0.25, 0.3) is 0 Å². The van der Waals surface area contributed by atoms with Gasteiger partial charge in [-0.1, -0.05) is 0 Å². The molecule has 1 aromatic heterocycles. The van der Waals surface area contributed by atoms with E-state index in [1.165, 1.54) is 0 Å². The summed E-state index contributed by atoms with van der Waals surface area (Å²) in [6.07, 6.45) is 1.13. The number of amides is 1. The second-order valence-corrected chi connectivity index (χ2v) is 4.48. The van der Waals surface area contributed by atoms with E-state index in [-0.39, 0.29) is 29.9 Å². The lowest BCUT2D eigenvalue weighted by molar-refractivity contribution is -0.385. The van der Waals surface area contributed by atoms with Crippen molar-refractivity contribution in [1.82, 2.24) is 10.2 Å². The highest BCUT2D eigenvalue weighted by atomic mass is 19.1. The van der Waals surface area contributed by atoms with Crippen molar-refractivity contribution in [2.24, 2.45) is 0 Å². The van der Waals surface area contributed by atoms with Crippen molar-refractivity contribution in [2.75, 3.05) is 11.4 Å². The predicted octanol–water partition coefficient (Wildman–Crippen LogP) is 1.80. The second-order valence-electron chi connectivity index (χ2n) is 4.48. The third-order valence-corrected chi connectivity index (χ3v) is 3.29. The van der Waals surface area contributed by atoms with Gasteiger partial charge in [0.1, 0.15) is 17.8 Å². The third kappa shape index (κ3) is 2.02. The Bertz CT molecular complexity index is 759. The third-order valence-electron chi connectivity index (χ3n) is 3.29. The smallest absolute Gasteiger partial charge is 0.306 e. The average molecular weight is 294 g/mol. The Morgan fingerprint density at radius 2 is 2.19 bits per heavy atom. The van der Waals surface area contributed by atoms with Crippen LogP contribution in [0.4, 0.5) is 20.2 Å². The van der Waals surface area contributed by atoms with Crippen LogP contribution in [0.3, 0.4) is 0 Å². The summed E-state index contributed by atoms with van der Waals surface area (Å²) in [6.45, 7) is 0.116. The van der Waals surface area contributed by atoms with E-state index < -0.39 is 28.2 Å². The van der Waals surface area contributed by atoms with Gasteiger partial charge in [0.05, 0.1) is 10.6 Å². The summed E-state index contributed by atoms with van der Waals surface area (Å²) in [5.41, 5.74) is -0.504. The fourth-order valence-corrected chi connectivity index (χ4v) is 2.34. The fraction of sp³-hybridized carbons (Fsp3) is 0.167. The maximum atomic E-state index is 13.6. The maximum Gasteiger partial charge on any atom is 0.319 e. The number of aromatic nitrogens is 2. The molecule has 2 aromatic rings. The van der Waals surface area contributed by atoms with E-state index in [1.54, 1.807) is 0 Å². The first kappa shape index (κ1) is 13.2. The van der Waals surface area contributed by atoms with Gasteiger partial charge in [0, 0.05) is 18.2 Å². The number of hydrogen-bond acceptors (Lipinski definition) is 4. The van der Waals surface area contributed by atoms with E-state index in [0.717, 1.165) is 23.2 Å². The highest BCUT2D eigenvalue weighted by molar-refractivity contribution is 6.08. The van der Waals surface area contributed by atoms with Crippen LogP contribution in [0.15, 0.2) is 18.3 Å². The molecule has 3 rings (SSSR count). The Hall–Kier alpha value is -2.84. The maximum absolute atomic E-state index is 13.6. The Morgan fingerprint density at radius 3 is 2.90 bits per heavy atom. The van der Waals surface area contributed by atoms with Gasteiger partial charge in [-0.2, -0.15) is 5.10 Å². The molecule has 9 heteroatoms. The Morgan fingerprint density at radius 1 is 1.43 bits per heavy atom. The molecular weight excluding hydrogens is 286 g/mol. The molecule has 1 aliphatic heterocycles. The number of nitrogens with one attached hydrogen (secondary N) is 1. The topological polar surface area (TPSA) is 92.1 Å². The summed E-state index contributed by atoms with van der Waals surface area (Å²) in [5, 5.41) is 16.5. The van der Waals surface area contributed by atoms with Gasteiger partial charge in [0.2, 0.25) is 5.69 Å². The molecule has 2 heterocycles. The van der Waals surface area contributed by atoms with Crippen LogP contribution in [0.2, 0.25) is 0 Å². The molecule has 0 aliphatic carbocycles. The first-order chi connectivity index (χ1) is 9.99. The van der Waals surface area contributed by atoms with E-state index in [1.807, 2.05) is 0 Å². The van der Waals surface area contributed by atoms with Crippen molar-refractivity contribution in [1.29, 1.82) is 0 Å². The lowest BCUT2D eigenvalue weighted by Gasteiger charge is -2.16. The fourth-order valence-electron chi connectivity index (χ4n) is 2.34. The number of aromatic amines is 1. The molecule has 0 atom stereocenters. The van der Waals surface area contributed by atoms with Crippen molar-refractivity contribution in [3.05, 3.63) is 51.3 Å². The molecule has 0 radical (unpaired) electrons. The van der Waals surface area contributed by atoms with E-state index in [9.17, 15) is 23.7 Å². The van der Waals surface area contributed by atoms with Crippen LogP contribution >= 0.6 is 0 Å². The number of carbonyl (C=O) groups is 1. The minimum absolute atomic E-state index is 0.0846. The second kappa shape index (κ2) is 4.62. The van der Waals surface area contributed by atoms with Crippen molar-refractivity contribution < 1.29 is 18.5 Å². The van der Waals surface area contributed by atoms with Crippen LogP contribution in [-0.4, -0.2) is 27.6 Å². The molecule has 1 aliphatic rings. The van der Waals surface area contributed by atoms with Crippen LogP contribution < -0.4 is 4.90 Å². The highest BCUT2D eigenvalue weighted by Crippen LogP contribution is 2.33. The number of nitrogens with zero attached hydrogens (tertiary/aromatic N) is 3. The zero-order valence-corrected chi connectivity index (χ0v) is 10.5. The predicted molar refractivity (Wildman–Crippen MR) is 67.0 cm³/mol. The van der Waals surface area contributed by atoms with Crippen molar-refractivity contribution in [3.63, 3.8) is 0 Å². The molecule has 0 unspecified atom stereocenters. The molecule has 0 fully saturated rings. The van der Waals surface area contributed by atoms with Crippen LogP contribution in [0, 0.1) is 21.7 Å². The number of carbonyl (C=O) groups excluding carboxylic acids is 1. The van der Waals surface area contributed by atoms with Gasteiger partial charge in [-0.05, 0) is 12.5 Å². The van der Waals surface area contributed by atoms with Gasteiger partial charge in [0.25, 0.3) is 5.91 Å². The van der Waals surface area contributed by atoms with E-state index in [0.29, 0.717) is 0 Å². The van der Waals surface area contributed by atoms with Crippen LogP contribution in [0.1, 0.15) is 16.1 Å². The summed E-state index contributed by atoms with van der Waals surface area (Å²) in [5.74, 6) is -2.30. The largest absolute Gasteiger partial charge is 0.319 e. The molecule has 1 amide bonds. The number of hydrogen-bond donors (Lipinski definition) is 1. The Balaban J connectivity index is 2.03. The summed E-state index contributed by atoms with van der Waals surface area (Å²) in [4.78, 5) is 23.5. The van der Waals surface area contributed by atoms with Crippen molar-refractivity contribution >= 4 is 17.3 Å². The minimum atomic E-state index is -0.815. The molecule has 1 N–H and O–H groups in total. The first-order valence-corrected chi connectivity index (χ1v) is 5.96. The van der Waals surface area contributed by atoms with Gasteiger partial charge >= 0.3 is 5.69 Å². The molecule has 21 heavy (non-hydrogen) atoms. The molecule has 0 spiro atoms.